The normalized spacial score (nSPS) is 16.0. The summed E-state index contributed by atoms with van der Waals surface area (Å²) < 4.78 is 0. The average molecular weight is 291 g/mol. The highest BCUT2D eigenvalue weighted by Gasteiger charge is 2.21. The number of aromatic nitrogens is 1. The number of amides is 1. The summed E-state index contributed by atoms with van der Waals surface area (Å²) in [6, 6.07) is 13.7. The van der Waals surface area contributed by atoms with Crippen LogP contribution in [0.15, 0.2) is 59.4 Å². The van der Waals surface area contributed by atoms with Crippen molar-refractivity contribution in [3.63, 3.8) is 0 Å². The molecule has 22 heavy (non-hydrogen) atoms. The molecule has 2 aromatic rings. The Morgan fingerprint density at radius 1 is 1.09 bits per heavy atom. The van der Waals surface area contributed by atoms with E-state index in [2.05, 4.69) is 41.3 Å². The van der Waals surface area contributed by atoms with Crippen LogP contribution >= 0.6 is 0 Å². The number of nitrogens with one attached hydrogen (secondary N) is 1. The second-order valence-electron chi connectivity index (χ2n) is 5.48. The molecule has 2 heterocycles. The van der Waals surface area contributed by atoms with E-state index in [4.69, 9.17) is 0 Å². The fourth-order valence-electron chi connectivity index (χ4n) is 2.23. The molecule has 0 unspecified atom stereocenters. The van der Waals surface area contributed by atoms with Gasteiger partial charge in [0.05, 0.1) is 0 Å². The first kappa shape index (κ1) is 14.2. The van der Waals surface area contributed by atoms with Gasteiger partial charge in [-0.25, -0.2) is 4.99 Å². The Morgan fingerprint density at radius 2 is 1.86 bits per heavy atom. The first-order valence-electron chi connectivity index (χ1n) is 7.26. The summed E-state index contributed by atoms with van der Waals surface area (Å²) in [6.45, 7) is 4.31. The number of carbonyl (C=O) groups excluding carboxylic acids is 1. The van der Waals surface area contributed by atoms with Crippen molar-refractivity contribution in [3.8, 4) is 0 Å². The largest absolute Gasteiger partial charge is 0.303 e. The second-order valence-corrected chi connectivity index (χ2v) is 5.48. The van der Waals surface area contributed by atoms with E-state index in [0.717, 1.165) is 5.56 Å². The van der Waals surface area contributed by atoms with Crippen LogP contribution < -0.4 is 5.32 Å². The van der Waals surface area contributed by atoms with Gasteiger partial charge in [-0.3, -0.25) is 9.78 Å². The highest BCUT2D eigenvalue weighted by atomic mass is 16.2. The Morgan fingerprint density at radius 3 is 2.50 bits per heavy atom. The van der Waals surface area contributed by atoms with E-state index < -0.39 is 0 Å². The number of carbonyl (C=O) groups is 1. The molecule has 4 nitrogen and oxygen atoms in total. The molecule has 0 radical (unpaired) electrons. The van der Waals surface area contributed by atoms with E-state index in [9.17, 15) is 4.79 Å². The third-order valence-electron chi connectivity index (χ3n) is 3.51. The first-order chi connectivity index (χ1) is 10.6. The van der Waals surface area contributed by atoms with Crippen molar-refractivity contribution in [2.24, 2.45) is 4.99 Å². The van der Waals surface area contributed by atoms with Gasteiger partial charge in [-0.15, -0.1) is 0 Å². The smallest absolute Gasteiger partial charge is 0.275 e. The summed E-state index contributed by atoms with van der Waals surface area (Å²) in [7, 11) is 0. The zero-order valence-electron chi connectivity index (χ0n) is 12.6. The van der Waals surface area contributed by atoms with Gasteiger partial charge in [0.25, 0.3) is 5.91 Å². The summed E-state index contributed by atoms with van der Waals surface area (Å²) in [6.07, 6.45) is 3.46. The van der Waals surface area contributed by atoms with Crippen molar-refractivity contribution in [3.05, 3.63) is 71.2 Å². The number of nitrogens with zero attached hydrogens (tertiary/aromatic N) is 2. The standard InChI is InChI=1S/C18H17N3O/c1-12(2)14-8-6-13(7-9-14)11-16-18(22)21-17(20-16)15-5-3-4-10-19-15/h3-12H,1-2H3,(H,20,21,22)/b16-11+. The maximum absolute atomic E-state index is 12.0. The minimum absolute atomic E-state index is 0.200. The van der Waals surface area contributed by atoms with Crippen LogP contribution in [0.5, 0.6) is 0 Å². The third kappa shape index (κ3) is 2.96. The fourth-order valence-corrected chi connectivity index (χ4v) is 2.23. The number of hydrogen-bond donors (Lipinski definition) is 1. The van der Waals surface area contributed by atoms with Crippen LogP contribution in [-0.2, 0) is 4.79 Å². The van der Waals surface area contributed by atoms with Crippen molar-refractivity contribution >= 4 is 17.8 Å². The predicted octanol–water partition coefficient (Wildman–Crippen LogP) is 3.12. The van der Waals surface area contributed by atoms with Crippen LogP contribution in [0.1, 0.15) is 36.6 Å². The van der Waals surface area contributed by atoms with Gasteiger partial charge in [-0.2, -0.15) is 0 Å². The lowest BCUT2D eigenvalue weighted by Gasteiger charge is -2.04. The van der Waals surface area contributed by atoms with E-state index in [0.29, 0.717) is 23.1 Å². The molecule has 1 aromatic heterocycles. The Kier molecular flexibility index (Phi) is 3.83. The fraction of sp³-hybridized carbons (Fsp3) is 0.167. The van der Waals surface area contributed by atoms with Gasteiger partial charge in [-0.05, 0) is 35.3 Å². The summed E-state index contributed by atoms with van der Waals surface area (Å²) in [5.74, 6) is 0.787. The highest BCUT2D eigenvalue weighted by molar-refractivity contribution is 6.19. The van der Waals surface area contributed by atoms with Gasteiger partial charge in [-0.1, -0.05) is 44.2 Å². The number of aliphatic imine (C=N–C) groups is 1. The monoisotopic (exact) mass is 291 g/mol. The zero-order valence-corrected chi connectivity index (χ0v) is 12.6. The molecule has 0 saturated carbocycles. The summed E-state index contributed by atoms with van der Waals surface area (Å²) >= 11 is 0. The quantitative estimate of drug-likeness (QED) is 0.883. The second kappa shape index (κ2) is 5.93. The molecule has 3 rings (SSSR count). The lowest BCUT2D eigenvalue weighted by Crippen LogP contribution is -2.25. The van der Waals surface area contributed by atoms with Gasteiger partial charge in [0.2, 0.25) is 0 Å². The zero-order chi connectivity index (χ0) is 15.5. The van der Waals surface area contributed by atoms with Gasteiger partial charge in [0, 0.05) is 6.20 Å². The number of amidine groups is 1. The maximum Gasteiger partial charge on any atom is 0.275 e. The molecule has 4 heteroatoms. The first-order valence-corrected chi connectivity index (χ1v) is 7.26. The number of pyridine rings is 1. The van der Waals surface area contributed by atoms with E-state index in [1.54, 1.807) is 12.3 Å². The minimum Gasteiger partial charge on any atom is -0.303 e. The Balaban J connectivity index is 1.87. The maximum atomic E-state index is 12.0. The number of rotatable bonds is 3. The molecule has 0 spiro atoms. The molecule has 0 bridgehead atoms. The molecule has 1 N–H and O–H groups in total. The summed E-state index contributed by atoms with van der Waals surface area (Å²) in [4.78, 5) is 20.6. The Bertz CT molecular complexity index is 744. The number of hydrogen-bond acceptors (Lipinski definition) is 3. The van der Waals surface area contributed by atoms with Gasteiger partial charge in [0.1, 0.15) is 11.4 Å². The Hall–Kier alpha value is -2.75. The highest BCUT2D eigenvalue weighted by Crippen LogP contribution is 2.18. The molecular formula is C18H17N3O. The lowest BCUT2D eigenvalue weighted by molar-refractivity contribution is -0.115. The minimum atomic E-state index is -0.200. The molecule has 1 amide bonds. The summed E-state index contributed by atoms with van der Waals surface area (Å²) in [5.41, 5.74) is 3.30. The van der Waals surface area contributed by atoms with Crippen molar-refractivity contribution in [2.75, 3.05) is 0 Å². The molecule has 0 aliphatic carbocycles. The molecule has 0 atom stereocenters. The SMILES string of the molecule is CC(C)c1ccc(/C=C2/N=C(c3ccccn3)NC2=O)cc1. The van der Waals surface area contributed by atoms with Crippen LogP contribution in [0.25, 0.3) is 6.08 Å². The predicted molar refractivity (Wildman–Crippen MR) is 87.4 cm³/mol. The molecule has 0 fully saturated rings. The van der Waals surface area contributed by atoms with Gasteiger partial charge < -0.3 is 5.32 Å². The van der Waals surface area contributed by atoms with E-state index >= 15 is 0 Å². The summed E-state index contributed by atoms with van der Waals surface area (Å²) in [5, 5.41) is 2.75. The van der Waals surface area contributed by atoms with Crippen LogP contribution in [0.2, 0.25) is 0 Å². The van der Waals surface area contributed by atoms with E-state index in [1.807, 2.05) is 30.3 Å². The van der Waals surface area contributed by atoms with E-state index in [1.165, 1.54) is 5.56 Å². The van der Waals surface area contributed by atoms with E-state index in [-0.39, 0.29) is 5.91 Å². The van der Waals surface area contributed by atoms with Crippen molar-refractivity contribution in [1.29, 1.82) is 0 Å². The van der Waals surface area contributed by atoms with Crippen LogP contribution in [-0.4, -0.2) is 16.7 Å². The van der Waals surface area contributed by atoms with Gasteiger partial charge >= 0.3 is 0 Å². The average Bonchev–Trinajstić information content (AvgIpc) is 2.90. The van der Waals surface area contributed by atoms with Crippen molar-refractivity contribution < 1.29 is 4.79 Å². The Labute approximate surface area is 129 Å². The molecule has 110 valence electrons. The van der Waals surface area contributed by atoms with Crippen LogP contribution in [0.4, 0.5) is 0 Å². The number of benzene rings is 1. The van der Waals surface area contributed by atoms with Crippen molar-refractivity contribution in [1.82, 2.24) is 10.3 Å². The lowest BCUT2D eigenvalue weighted by atomic mass is 10.0. The molecule has 1 aromatic carbocycles. The third-order valence-corrected chi connectivity index (χ3v) is 3.51. The molecular weight excluding hydrogens is 274 g/mol. The van der Waals surface area contributed by atoms with Crippen molar-refractivity contribution in [2.45, 2.75) is 19.8 Å². The molecule has 0 saturated heterocycles. The van der Waals surface area contributed by atoms with Gasteiger partial charge in [0.15, 0.2) is 5.84 Å². The van der Waals surface area contributed by atoms with Crippen LogP contribution in [0, 0.1) is 0 Å². The van der Waals surface area contributed by atoms with Crippen LogP contribution in [0.3, 0.4) is 0 Å². The molecule has 1 aliphatic rings. The molecule has 1 aliphatic heterocycles. The topological polar surface area (TPSA) is 54.4 Å².